The topological polar surface area (TPSA) is 135 Å². The Labute approximate surface area is 188 Å². The number of nitrogens with one attached hydrogen (secondary N) is 2. The summed E-state index contributed by atoms with van der Waals surface area (Å²) in [6.07, 6.45) is 0.816. The van der Waals surface area contributed by atoms with E-state index in [9.17, 15) is 4.79 Å². The molecule has 0 amide bonds. The number of aromatic nitrogens is 4. The van der Waals surface area contributed by atoms with E-state index < -0.39 is 0 Å². The Kier molecular flexibility index (Phi) is 4.37. The fourth-order valence-corrected chi connectivity index (χ4v) is 4.73. The van der Waals surface area contributed by atoms with Crippen LogP contribution in [0.3, 0.4) is 0 Å². The van der Waals surface area contributed by atoms with Crippen LogP contribution in [0.2, 0.25) is 0 Å². The number of nitrogens with two attached hydrogens (primary N) is 1. The molecule has 2 aliphatic rings. The van der Waals surface area contributed by atoms with Crippen molar-refractivity contribution in [3.63, 3.8) is 0 Å². The van der Waals surface area contributed by atoms with E-state index in [0.29, 0.717) is 51.4 Å². The van der Waals surface area contributed by atoms with Gasteiger partial charge >= 0.3 is 0 Å². The van der Waals surface area contributed by atoms with Crippen molar-refractivity contribution < 1.29 is 9.47 Å². The quantitative estimate of drug-likeness (QED) is 0.316. The summed E-state index contributed by atoms with van der Waals surface area (Å²) in [4.78, 5) is 24.9. The maximum Gasteiger partial charge on any atom is 0.274 e. The number of nitrogens with zero attached hydrogens (tertiary/aromatic N) is 4. The number of methoxy groups -OCH3 is 1. The van der Waals surface area contributed by atoms with Crippen molar-refractivity contribution in [2.24, 2.45) is 5.73 Å². The van der Waals surface area contributed by atoms with Gasteiger partial charge in [-0.2, -0.15) is 0 Å². The van der Waals surface area contributed by atoms with Gasteiger partial charge in [-0.05, 0) is 24.6 Å². The molecule has 2 aliphatic heterocycles. The molecular formula is C23H23N7O3. The molecule has 2 atom stereocenters. The summed E-state index contributed by atoms with van der Waals surface area (Å²) in [5, 5.41) is 11.8. The average molecular weight is 445 g/mol. The van der Waals surface area contributed by atoms with E-state index in [-0.39, 0.29) is 17.5 Å². The number of benzene rings is 2. The van der Waals surface area contributed by atoms with Crippen LogP contribution in [-0.4, -0.2) is 63.3 Å². The number of hydrogen-bond acceptors (Lipinski definition) is 7. The third kappa shape index (κ3) is 3.13. The molecule has 2 aromatic heterocycles. The van der Waals surface area contributed by atoms with Crippen LogP contribution in [0.4, 0.5) is 0 Å². The van der Waals surface area contributed by atoms with Gasteiger partial charge in [-0.1, -0.05) is 12.1 Å². The van der Waals surface area contributed by atoms with Crippen molar-refractivity contribution in [2.75, 3.05) is 26.7 Å². The molecule has 2 aromatic carbocycles. The number of H-pyrrole nitrogens is 1. The summed E-state index contributed by atoms with van der Waals surface area (Å²) in [6, 6.07) is 9.01. The molecule has 33 heavy (non-hydrogen) atoms. The lowest BCUT2D eigenvalue weighted by atomic mass is 10.1. The zero-order valence-corrected chi connectivity index (χ0v) is 18.1. The van der Waals surface area contributed by atoms with E-state index in [0.717, 1.165) is 31.6 Å². The molecule has 4 aromatic rings. The highest BCUT2D eigenvalue weighted by Crippen LogP contribution is 2.36. The number of amidine groups is 1. The first-order chi connectivity index (χ1) is 16.0. The van der Waals surface area contributed by atoms with Crippen LogP contribution in [0.25, 0.3) is 33.2 Å². The Hall–Kier alpha value is -3.92. The fourth-order valence-electron chi connectivity index (χ4n) is 4.73. The lowest BCUT2D eigenvalue weighted by Gasteiger charge is -2.19. The Bertz CT molecular complexity index is 1490. The minimum absolute atomic E-state index is 0.0375. The standard InChI is InChI=1S/C23H23N7O3/c1-32-22-19-14-3-2-4-15-18(14)28-30(23(15)31)8-7-29-6-5-13(11-29)33-17-10-12(21(24)25)9-16(26-22)20(17)27-19/h2-4,9-10,13,28H,5-8,11H2,1H3,(H3,24,25)/t13-/m0/s1. The van der Waals surface area contributed by atoms with Gasteiger partial charge in [0.1, 0.15) is 28.9 Å². The predicted molar refractivity (Wildman–Crippen MR) is 124 cm³/mol. The number of nitrogen functional groups attached to an aromatic ring is 1. The summed E-state index contributed by atoms with van der Waals surface area (Å²) in [5.41, 5.74) is 9.25. The van der Waals surface area contributed by atoms with Gasteiger partial charge in [-0.15, -0.1) is 0 Å². The molecule has 4 heterocycles. The maximum atomic E-state index is 13.0. The van der Waals surface area contributed by atoms with Crippen LogP contribution in [0.5, 0.6) is 11.6 Å². The molecule has 1 unspecified atom stereocenters. The van der Waals surface area contributed by atoms with Crippen LogP contribution in [0.15, 0.2) is 35.1 Å². The zero-order valence-electron chi connectivity index (χ0n) is 18.1. The highest BCUT2D eigenvalue weighted by atomic mass is 16.5. The minimum Gasteiger partial charge on any atom is -0.487 e. The summed E-state index contributed by atoms with van der Waals surface area (Å²) >= 11 is 0. The van der Waals surface area contributed by atoms with E-state index in [2.05, 4.69) is 15.0 Å². The Morgan fingerprint density at radius 2 is 2.15 bits per heavy atom. The van der Waals surface area contributed by atoms with Gasteiger partial charge in [0.15, 0.2) is 0 Å². The molecule has 10 nitrogen and oxygen atoms in total. The van der Waals surface area contributed by atoms with Crippen molar-refractivity contribution in [3.8, 4) is 22.9 Å². The number of fused-ring (bicyclic) bond motifs is 5. The van der Waals surface area contributed by atoms with Crippen LogP contribution in [0.1, 0.15) is 12.0 Å². The molecular weight excluding hydrogens is 422 g/mol. The molecule has 0 spiro atoms. The van der Waals surface area contributed by atoms with Crippen LogP contribution < -0.4 is 20.8 Å². The van der Waals surface area contributed by atoms with Gasteiger partial charge in [0.25, 0.3) is 5.56 Å². The SMILES string of the molecule is COc1nc2cc(C(=N)N)cc3c2nc1-c1cccc2c(=O)n([nH]c12)CCN1CC[C@@H](C1)O3. The molecule has 6 rings (SSSR count). The molecule has 4 N–H and O–H groups in total. The smallest absolute Gasteiger partial charge is 0.274 e. The highest BCUT2D eigenvalue weighted by Gasteiger charge is 2.27. The number of hydrogen-bond donors (Lipinski definition) is 3. The molecule has 10 heteroatoms. The molecule has 0 radical (unpaired) electrons. The molecule has 1 fully saturated rings. The lowest BCUT2D eigenvalue weighted by Crippen LogP contribution is -2.30. The van der Waals surface area contributed by atoms with Crippen LogP contribution in [0, 0.1) is 5.41 Å². The molecule has 0 aliphatic carbocycles. The second-order valence-corrected chi connectivity index (χ2v) is 8.46. The van der Waals surface area contributed by atoms with Crippen molar-refractivity contribution in [2.45, 2.75) is 19.1 Å². The van der Waals surface area contributed by atoms with Crippen LogP contribution in [-0.2, 0) is 6.54 Å². The number of aromatic amines is 1. The van der Waals surface area contributed by atoms with Crippen LogP contribution >= 0.6 is 0 Å². The Balaban J connectivity index is 1.69. The van der Waals surface area contributed by atoms with E-state index >= 15 is 0 Å². The summed E-state index contributed by atoms with van der Waals surface area (Å²) in [6.45, 7) is 2.90. The number of para-hydroxylation sites is 1. The van der Waals surface area contributed by atoms with Gasteiger partial charge < -0.3 is 15.2 Å². The molecule has 6 bridgehead atoms. The lowest BCUT2D eigenvalue weighted by molar-refractivity contribution is 0.199. The monoisotopic (exact) mass is 445 g/mol. The summed E-state index contributed by atoms with van der Waals surface area (Å²) in [5.74, 6) is 0.781. The van der Waals surface area contributed by atoms with E-state index in [1.807, 2.05) is 18.2 Å². The summed E-state index contributed by atoms with van der Waals surface area (Å²) in [7, 11) is 1.53. The fraction of sp³-hybridized carbons (Fsp3) is 0.304. The van der Waals surface area contributed by atoms with E-state index in [4.69, 9.17) is 25.6 Å². The second kappa shape index (κ2) is 7.31. The first-order valence-electron chi connectivity index (χ1n) is 10.9. The van der Waals surface area contributed by atoms with Crippen molar-refractivity contribution >= 4 is 27.8 Å². The first-order valence-corrected chi connectivity index (χ1v) is 10.9. The Morgan fingerprint density at radius 1 is 1.27 bits per heavy atom. The van der Waals surface area contributed by atoms with Gasteiger partial charge in [0, 0.05) is 30.8 Å². The van der Waals surface area contributed by atoms with E-state index in [1.165, 1.54) is 7.11 Å². The molecule has 168 valence electrons. The third-order valence-electron chi connectivity index (χ3n) is 6.41. The van der Waals surface area contributed by atoms with Crippen molar-refractivity contribution in [1.82, 2.24) is 24.6 Å². The maximum absolute atomic E-state index is 13.0. The third-order valence-corrected chi connectivity index (χ3v) is 6.41. The summed E-state index contributed by atoms with van der Waals surface area (Å²) < 4.78 is 13.6. The van der Waals surface area contributed by atoms with Crippen molar-refractivity contribution in [3.05, 3.63) is 46.2 Å². The minimum atomic E-state index is -0.0715. The largest absolute Gasteiger partial charge is 0.487 e. The average Bonchev–Trinajstić information content (AvgIpc) is 3.40. The second-order valence-electron chi connectivity index (χ2n) is 8.46. The van der Waals surface area contributed by atoms with Gasteiger partial charge in [-0.3, -0.25) is 24.9 Å². The molecule has 1 saturated heterocycles. The highest BCUT2D eigenvalue weighted by molar-refractivity contribution is 6.01. The van der Waals surface area contributed by atoms with Crippen molar-refractivity contribution in [1.29, 1.82) is 5.41 Å². The van der Waals surface area contributed by atoms with Gasteiger partial charge in [0.2, 0.25) is 5.88 Å². The first kappa shape index (κ1) is 19.7. The van der Waals surface area contributed by atoms with E-state index in [1.54, 1.807) is 16.8 Å². The Morgan fingerprint density at radius 3 is 2.97 bits per heavy atom. The molecule has 0 saturated carbocycles. The number of ether oxygens (including phenoxy) is 2. The van der Waals surface area contributed by atoms with Gasteiger partial charge in [0.05, 0.1) is 30.1 Å². The van der Waals surface area contributed by atoms with Gasteiger partial charge in [-0.25, -0.2) is 9.97 Å². The zero-order chi connectivity index (χ0) is 22.7. The normalized spacial score (nSPS) is 19.7. The predicted octanol–water partition coefficient (Wildman–Crippen LogP) is 1.70. The number of rotatable bonds is 2.